The molecule has 0 saturated carbocycles. The molecule has 0 spiro atoms. The molecule has 3 nitrogen and oxygen atoms in total. The summed E-state index contributed by atoms with van der Waals surface area (Å²) in [5.74, 6) is -0.352. The number of hydrogen-bond donors (Lipinski definition) is 0. The molecule has 2 unspecified atom stereocenters. The second-order valence-electron chi connectivity index (χ2n) is 9.01. The van der Waals surface area contributed by atoms with E-state index in [9.17, 15) is 9.18 Å². The maximum Gasteiger partial charge on any atom is 0.410 e. The second-order valence-corrected chi connectivity index (χ2v) is 9.41. The van der Waals surface area contributed by atoms with Crippen molar-refractivity contribution in [1.82, 2.24) is 4.90 Å². The van der Waals surface area contributed by atoms with E-state index in [2.05, 4.69) is 24.3 Å². The number of benzene rings is 3. The van der Waals surface area contributed by atoms with Gasteiger partial charge in [0.1, 0.15) is 12.4 Å². The van der Waals surface area contributed by atoms with E-state index >= 15 is 0 Å². The highest BCUT2D eigenvalue weighted by molar-refractivity contribution is 6.30. The lowest BCUT2D eigenvalue weighted by molar-refractivity contribution is 0.0866. The van der Waals surface area contributed by atoms with E-state index in [4.69, 9.17) is 16.3 Å². The van der Waals surface area contributed by atoms with Gasteiger partial charge in [-0.1, -0.05) is 78.3 Å². The smallest absolute Gasteiger partial charge is 0.410 e. The Balaban J connectivity index is 1.21. The number of carbonyl (C=O) groups is 1. The lowest BCUT2D eigenvalue weighted by Gasteiger charge is -2.33. The van der Waals surface area contributed by atoms with Gasteiger partial charge in [0.05, 0.1) is 11.1 Å². The Hall–Kier alpha value is -3.11. The van der Waals surface area contributed by atoms with Gasteiger partial charge >= 0.3 is 6.09 Å². The number of halogens is 2. The van der Waals surface area contributed by atoms with Gasteiger partial charge < -0.3 is 4.74 Å². The van der Waals surface area contributed by atoms with Crippen LogP contribution in [0.15, 0.2) is 72.8 Å². The minimum atomic E-state index is -0.389. The standard InChI is InChI=1S/C28H23ClFNO2/c29-26-11-5-10-20(27(26)30)17-14-18-12-13-19(15-17)31(18)28(32)33-16-25-23-8-3-1-6-21(23)22-7-2-4-9-24(22)25/h1-11,14,18-19,25H,12-13,15-16H2. The maximum atomic E-state index is 14.6. The van der Waals surface area contributed by atoms with Gasteiger partial charge in [0.15, 0.2) is 0 Å². The van der Waals surface area contributed by atoms with E-state index < -0.39 is 0 Å². The average molecular weight is 460 g/mol. The highest BCUT2D eigenvalue weighted by Crippen LogP contribution is 2.45. The van der Waals surface area contributed by atoms with Crippen LogP contribution in [0.25, 0.3) is 16.7 Å². The van der Waals surface area contributed by atoms with E-state index in [0.717, 1.165) is 18.4 Å². The van der Waals surface area contributed by atoms with Crippen LogP contribution in [0.2, 0.25) is 5.02 Å². The molecule has 3 aromatic carbocycles. The largest absolute Gasteiger partial charge is 0.448 e. The van der Waals surface area contributed by atoms with Gasteiger partial charge in [0.2, 0.25) is 0 Å². The van der Waals surface area contributed by atoms with Crippen LogP contribution in [-0.2, 0) is 4.74 Å². The molecule has 0 aromatic heterocycles. The number of carbonyl (C=O) groups excluding carboxylic acids is 1. The van der Waals surface area contributed by atoms with Crippen LogP contribution in [0.5, 0.6) is 0 Å². The van der Waals surface area contributed by atoms with Crippen molar-refractivity contribution in [2.45, 2.75) is 37.3 Å². The third-order valence-corrected chi connectivity index (χ3v) is 7.53. The van der Waals surface area contributed by atoms with Gasteiger partial charge in [-0.2, -0.15) is 0 Å². The van der Waals surface area contributed by atoms with Crippen molar-refractivity contribution in [2.75, 3.05) is 6.61 Å². The summed E-state index contributed by atoms with van der Waals surface area (Å²) in [7, 11) is 0. The first-order chi connectivity index (χ1) is 16.1. The molecule has 166 valence electrons. The van der Waals surface area contributed by atoms with Crippen LogP contribution in [-0.4, -0.2) is 29.7 Å². The Morgan fingerprint density at radius 3 is 2.30 bits per heavy atom. The van der Waals surface area contributed by atoms with Crippen LogP contribution in [0.3, 0.4) is 0 Å². The third-order valence-electron chi connectivity index (χ3n) is 7.24. The predicted octanol–water partition coefficient (Wildman–Crippen LogP) is 7.05. The maximum absolute atomic E-state index is 14.6. The van der Waals surface area contributed by atoms with Gasteiger partial charge in [0.25, 0.3) is 0 Å². The molecule has 33 heavy (non-hydrogen) atoms. The number of hydrogen-bond acceptors (Lipinski definition) is 2. The monoisotopic (exact) mass is 459 g/mol. The first-order valence-corrected chi connectivity index (χ1v) is 11.8. The molecule has 2 heterocycles. The highest BCUT2D eigenvalue weighted by Gasteiger charge is 2.41. The Morgan fingerprint density at radius 1 is 0.939 bits per heavy atom. The normalized spacial score (nSPS) is 20.9. The first kappa shape index (κ1) is 20.5. The summed E-state index contributed by atoms with van der Waals surface area (Å²) in [6, 6.07) is 21.7. The molecule has 1 fully saturated rings. The zero-order valence-corrected chi connectivity index (χ0v) is 18.8. The Kier molecular flexibility index (Phi) is 4.99. The fourth-order valence-electron chi connectivity index (χ4n) is 5.73. The quantitative estimate of drug-likeness (QED) is 0.420. The number of nitrogens with zero attached hydrogens (tertiary/aromatic N) is 1. The fraction of sp³-hybridized carbons (Fsp3) is 0.250. The minimum Gasteiger partial charge on any atom is -0.448 e. The fourth-order valence-corrected chi connectivity index (χ4v) is 5.91. The van der Waals surface area contributed by atoms with Gasteiger partial charge in [-0.15, -0.1) is 0 Å². The van der Waals surface area contributed by atoms with Crippen LogP contribution in [0.1, 0.15) is 41.9 Å². The summed E-state index contributed by atoms with van der Waals surface area (Å²) in [5.41, 5.74) is 6.28. The van der Waals surface area contributed by atoms with Crippen LogP contribution < -0.4 is 0 Å². The van der Waals surface area contributed by atoms with Crippen molar-refractivity contribution in [2.24, 2.45) is 0 Å². The number of ether oxygens (including phenoxy) is 1. The lowest BCUT2D eigenvalue weighted by Crippen LogP contribution is -2.43. The van der Waals surface area contributed by atoms with Crippen molar-refractivity contribution >= 4 is 23.3 Å². The molecule has 1 amide bonds. The topological polar surface area (TPSA) is 29.5 Å². The van der Waals surface area contributed by atoms with E-state index in [0.29, 0.717) is 18.6 Å². The molecule has 1 saturated heterocycles. The number of fused-ring (bicyclic) bond motifs is 5. The van der Waals surface area contributed by atoms with E-state index in [1.165, 1.54) is 22.3 Å². The highest BCUT2D eigenvalue weighted by atomic mass is 35.5. The first-order valence-electron chi connectivity index (χ1n) is 11.4. The zero-order valence-electron chi connectivity index (χ0n) is 18.0. The Morgan fingerprint density at radius 2 is 1.61 bits per heavy atom. The van der Waals surface area contributed by atoms with Crippen molar-refractivity contribution < 1.29 is 13.9 Å². The van der Waals surface area contributed by atoms with E-state index in [-0.39, 0.29) is 34.9 Å². The summed E-state index contributed by atoms with van der Waals surface area (Å²) in [6.45, 7) is 0.308. The van der Waals surface area contributed by atoms with Crippen molar-refractivity contribution in [3.05, 3.63) is 100 Å². The molecule has 0 radical (unpaired) electrons. The molecule has 2 atom stereocenters. The van der Waals surface area contributed by atoms with Gasteiger partial charge in [0, 0.05) is 17.5 Å². The van der Waals surface area contributed by atoms with Gasteiger partial charge in [-0.05, 0) is 53.2 Å². The summed E-state index contributed by atoms with van der Waals surface area (Å²) < 4.78 is 20.5. The Bertz CT molecular complexity index is 1240. The third kappa shape index (κ3) is 3.36. The SMILES string of the molecule is O=C(OCC1c2ccccc2-c2ccccc21)N1C2C=C(c3cccc(Cl)c3F)CC1CC2. The molecule has 2 aliphatic heterocycles. The van der Waals surface area contributed by atoms with Crippen LogP contribution in [0.4, 0.5) is 9.18 Å². The van der Waals surface area contributed by atoms with E-state index in [1.807, 2.05) is 35.2 Å². The van der Waals surface area contributed by atoms with Gasteiger partial charge in [-0.3, -0.25) is 4.90 Å². The summed E-state index contributed by atoms with van der Waals surface area (Å²) in [5, 5.41) is 0.125. The van der Waals surface area contributed by atoms with Gasteiger partial charge in [-0.25, -0.2) is 9.18 Å². The second kappa shape index (κ2) is 8.03. The summed E-state index contributed by atoms with van der Waals surface area (Å²) in [6.07, 6.45) is 4.08. The molecular weight excluding hydrogens is 437 g/mol. The number of amides is 1. The van der Waals surface area contributed by atoms with Crippen LogP contribution >= 0.6 is 11.6 Å². The van der Waals surface area contributed by atoms with Crippen LogP contribution in [0, 0.1) is 5.82 Å². The molecule has 3 aliphatic rings. The minimum absolute atomic E-state index is 0.0176. The molecule has 5 heteroatoms. The number of rotatable bonds is 3. The van der Waals surface area contributed by atoms with Crippen molar-refractivity contribution in [1.29, 1.82) is 0 Å². The lowest BCUT2D eigenvalue weighted by atomic mass is 9.94. The summed E-state index contributed by atoms with van der Waals surface area (Å²) in [4.78, 5) is 15.0. The molecular formula is C28H23ClFNO2. The molecule has 0 N–H and O–H groups in total. The molecule has 3 aromatic rings. The predicted molar refractivity (Wildman–Crippen MR) is 128 cm³/mol. The summed E-state index contributed by atoms with van der Waals surface area (Å²) >= 11 is 5.99. The molecule has 6 rings (SSSR count). The Labute approximate surface area is 197 Å². The van der Waals surface area contributed by atoms with Crippen molar-refractivity contribution in [3.63, 3.8) is 0 Å². The molecule has 2 bridgehead atoms. The molecule has 1 aliphatic carbocycles. The average Bonchev–Trinajstić information content (AvgIpc) is 3.30. The van der Waals surface area contributed by atoms with Crippen molar-refractivity contribution in [3.8, 4) is 11.1 Å². The van der Waals surface area contributed by atoms with E-state index in [1.54, 1.807) is 18.2 Å². The zero-order chi connectivity index (χ0) is 22.5.